The zero-order chi connectivity index (χ0) is 13.7. The normalized spacial score (nSPS) is 10.4. The van der Waals surface area contributed by atoms with E-state index >= 15 is 0 Å². The zero-order valence-electron chi connectivity index (χ0n) is 10.1. The summed E-state index contributed by atoms with van der Waals surface area (Å²) in [5.74, 6) is -0.921. The smallest absolute Gasteiger partial charge is 0.335 e. The van der Waals surface area contributed by atoms with Gasteiger partial charge in [-0.1, -0.05) is 28.1 Å². The van der Waals surface area contributed by atoms with Gasteiger partial charge in [-0.2, -0.15) is 0 Å². The van der Waals surface area contributed by atoms with Gasteiger partial charge in [-0.25, -0.2) is 4.79 Å². The van der Waals surface area contributed by atoms with Gasteiger partial charge in [-0.3, -0.25) is 4.98 Å². The molecule has 1 aromatic carbocycles. The monoisotopic (exact) mass is 320 g/mol. The number of nitrogens with zero attached hydrogens (tertiary/aromatic N) is 1. The van der Waals surface area contributed by atoms with Gasteiger partial charge in [-0.15, -0.1) is 0 Å². The number of carboxylic acid groups (broad SMARTS) is 1. The van der Waals surface area contributed by atoms with E-state index in [1.165, 1.54) is 0 Å². The molecule has 2 N–H and O–H groups in total. The number of nitrogens with one attached hydrogen (secondary N) is 1. The van der Waals surface area contributed by atoms with E-state index in [2.05, 4.69) is 26.2 Å². The molecular weight excluding hydrogens is 308 g/mol. The van der Waals surface area contributed by atoms with E-state index in [0.717, 1.165) is 22.1 Å². The molecular formula is C14H13BrN2O2. The van der Waals surface area contributed by atoms with Crippen LogP contribution in [0.15, 0.2) is 47.2 Å². The van der Waals surface area contributed by atoms with Crippen LogP contribution in [-0.2, 0) is 13.1 Å². The highest BCUT2D eigenvalue weighted by atomic mass is 79.9. The number of aromatic nitrogens is 1. The molecule has 0 radical (unpaired) electrons. The Labute approximate surface area is 119 Å². The fourth-order valence-corrected chi connectivity index (χ4v) is 2.19. The Hall–Kier alpha value is -1.72. The highest BCUT2D eigenvalue weighted by molar-refractivity contribution is 9.10. The van der Waals surface area contributed by atoms with Crippen molar-refractivity contribution in [1.29, 1.82) is 0 Å². The average molecular weight is 321 g/mol. The summed E-state index contributed by atoms with van der Waals surface area (Å²) in [6, 6.07) is 8.93. The molecule has 0 aliphatic carbocycles. The molecule has 0 aliphatic rings. The third kappa shape index (κ3) is 3.87. The van der Waals surface area contributed by atoms with E-state index in [-0.39, 0.29) is 5.56 Å². The molecule has 0 saturated heterocycles. The van der Waals surface area contributed by atoms with Crippen LogP contribution in [0.5, 0.6) is 0 Å². The van der Waals surface area contributed by atoms with Gasteiger partial charge >= 0.3 is 5.97 Å². The van der Waals surface area contributed by atoms with Crippen molar-refractivity contribution in [2.45, 2.75) is 13.1 Å². The number of hydrogen-bond acceptors (Lipinski definition) is 3. The molecule has 0 bridgehead atoms. The second kappa shape index (κ2) is 6.45. The predicted molar refractivity (Wildman–Crippen MR) is 75.9 cm³/mol. The second-order valence-corrected chi connectivity index (χ2v) is 4.93. The number of pyridine rings is 1. The molecule has 2 aromatic rings. The first-order chi connectivity index (χ1) is 9.16. The van der Waals surface area contributed by atoms with E-state index in [1.54, 1.807) is 18.3 Å². The third-order valence-electron chi connectivity index (χ3n) is 2.67. The molecule has 5 heteroatoms. The van der Waals surface area contributed by atoms with Crippen LogP contribution in [0.25, 0.3) is 0 Å². The van der Waals surface area contributed by atoms with E-state index in [0.29, 0.717) is 6.54 Å². The summed E-state index contributed by atoms with van der Waals surface area (Å²) in [5.41, 5.74) is 2.41. The Bertz CT molecular complexity index is 573. The lowest BCUT2D eigenvalue weighted by Gasteiger charge is -2.07. The van der Waals surface area contributed by atoms with E-state index in [4.69, 9.17) is 5.11 Å². The van der Waals surface area contributed by atoms with Crippen molar-refractivity contribution in [2.75, 3.05) is 0 Å². The SMILES string of the molecule is O=C(O)c1ccc(CNCc2cccnc2)c(Br)c1. The maximum absolute atomic E-state index is 10.8. The lowest BCUT2D eigenvalue weighted by Crippen LogP contribution is -2.13. The first-order valence-corrected chi connectivity index (χ1v) is 6.57. The summed E-state index contributed by atoms with van der Waals surface area (Å²) in [4.78, 5) is 14.9. The summed E-state index contributed by atoms with van der Waals surface area (Å²) < 4.78 is 0.797. The lowest BCUT2D eigenvalue weighted by atomic mass is 10.1. The number of hydrogen-bond donors (Lipinski definition) is 2. The molecule has 0 aliphatic heterocycles. The van der Waals surface area contributed by atoms with Gasteiger partial charge in [0, 0.05) is 30.0 Å². The van der Waals surface area contributed by atoms with Crippen molar-refractivity contribution in [1.82, 2.24) is 10.3 Å². The molecule has 0 fully saturated rings. The van der Waals surface area contributed by atoms with Gasteiger partial charge in [0.25, 0.3) is 0 Å². The third-order valence-corrected chi connectivity index (χ3v) is 3.41. The topological polar surface area (TPSA) is 62.2 Å². The highest BCUT2D eigenvalue weighted by Gasteiger charge is 2.06. The van der Waals surface area contributed by atoms with Crippen molar-refractivity contribution < 1.29 is 9.90 Å². The first-order valence-electron chi connectivity index (χ1n) is 5.78. The van der Waals surface area contributed by atoms with Crippen LogP contribution in [0.3, 0.4) is 0 Å². The Morgan fingerprint density at radius 2 is 2.16 bits per heavy atom. The van der Waals surface area contributed by atoms with E-state index < -0.39 is 5.97 Å². The van der Waals surface area contributed by atoms with Crippen molar-refractivity contribution in [3.8, 4) is 0 Å². The van der Waals surface area contributed by atoms with Crippen molar-refractivity contribution in [3.63, 3.8) is 0 Å². The zero-order valence-corrected chi connectivity index (χ0v) is 11.7. The molecule has 2 rings (SSSR count). The number of carbonyl (C=O) groups is 1. The molecule has 1 aromatic heterocycles. The number of aromatic carboxylic acids is 1. The largest absolute Gasteiger partial charge is 0.478 e. The van der Waals surface area contributed by atoms with Crippen LogP contribution in [0.2, 0.25) is 0 Å². The molecule has 0 spiro atoms. The van der Waals surface area contributed by atoms with Crippen molar-refractivity contribution in [2.24, 2.45) is 0 Å². The minimum atomic E-state index is -0.921. The summed E-state index contributed by atoms with van der Waals surface area (Å²) in [5, 5.41) is 12.2. The second-order valence-electron chi connectivity index (χ2n) is 4.08. The molecule has 1 heterocycles. The minimum Gasteiger partial charge on any atom is -0.478 e. The van der Waals surface area contributed by atoms with E-state index in [1.807, 2.05) is 24.4 Å². The maximum Gasteiger partial charge on any atom is 0.335 e. The van der Waals surface area contributed by atoms with Gasteiger partial charge in [0.1, 0.15) is 0 Å². The summed E-state index contributed by atoms with van der Waals surface area (Å²) in [6.45, 7) is 1.39. The molecule has 0 unspecified atom stereocenters. The van der Waals surface area contributed by atoms with Gasteiger partial charge in [0.15, 0.2) is 0 Å². The minimum absolute atomic E-state index is 0.280. The van der Waals surface area contributed by atoms with Crippen LogP contribution < -0.4 is 5.32 Å². The van der Waals surface area contributed by atoms with Gasteiger partial charge in [0.2, 0.25) is 0 Å². The number of halogens is 1. The van der Waals surface area contributed by atoms with Crippen molar-refractivity contribution >= 4 is 21.9 Å². The molecule has 19 heavy (non-hydrogen) atoms. The van der Waals surface area contributed by atoms with Gasteiger partial charge in [-0.05, 0) is 29.3 Å². The van der Waals surface area contributed by atoms with Crippen LogP contribution >= 0.6 is 15.9 Å². The lowest BCUT2D eigenvalue weighted by molar-refractivity contribution is 0.0697. The quantitative estimate of drug-likeness (QED) is 0.889. The number of rotatable bonds is 5. The Morgan fingerprint density at radius 3 is 2.79 bits per heavy atom. The Morgan fingerprint density at radius 1 is 1.32 bits per heavy atom. The molecule has 0 saturated carbocycles. The standard InChI is InChI=1S/C14H13BrN2O2/c15-13-6-11(14(18)19)3-4-12(13)9-17-8-10-2-1-5-16-7-10/h1-7,17H,8-9H2,(H,18,19). The molecule has 0 amide bonds. The number of benzene rings is 1. The summed E-state index contributed by atoms with van der Waals surface area (Å²) in [6.07, 6.45) is 3.56. The Kier molecular flexibility index (Phi) is 4.65. The first kappa shape index (κ1) is 13.7. The highest BCUT2D eigenvalue weighted by Crippen LogP contribution is 2.18. The summed E-state index contributed by atoms with van der Waals surface area (Å²) in [7, 11) is 0. The molecule has 98 valence electrons. The predicted octanol–water partition coefficient (Wildman–Crippen LogP) is 2.83. The van der Waals surface area contributed by atoms with Crippen molar-refractivity contribution in [3.05, 3.63) is 63.9 Å². The maximum atomic E-state index is 10.8. The fraction of sp³-hybridized carbons (Fsp3) is 0.143. The van der Waals surface area contributed by atoms with Crippen LogP contribution in [0.4, 0.5) is 0 Å². The summed E-state index contributed by atoms with van der Waals surface area (Å²) >= 11 is 3.39. The van der Waals surface area contributed by atoms with Gasteiger partial charge in [0.05, 0.1) is 5.56 Å². The Balaban J connectivity index is 1.95. The fourth-order valence-electron chi connectivity index (χ4n) is 1.67. The average Bonchev–Trinajstić information content (AvgIpc) is 2.41. The van der Waals surface area contributed by atoms with Gasteiger partial charge < -0.3 is 10.4 Å². The van der Waals surface area contributed by atoms with Crippen LogP contribution in [-0.4, -0.2) is 16.1 Å². The van der Waals surface area contributed by atoms with Crippen LogP contribution in [0.1, 0.15) is 21.5 Å². The number of carboxylic acids is 1. The van der Waals surface area contributed by atoms with Crippen LogP contribution in [0, 0.1) is 0 Å². The molecule has 0 atom stereocenters. The van der Waals surface area contributed by atoms with E-state index in [9.17, 15) is 4.79 Å². The molecule has 4 nitrogen and oxygen atoms in total.